The molecule has 0 unspecified atom stereocenters. The number of morpholine rings is 1. The summed E-state index contributed by atoms with van der Waals surface area (Å²) in [5.74, 6) is 0.314. The zero-order valence-corrected chi connectivity index (χ0v) is 20.9. The quantitative estimate of drug-likeness (QED) is 0.268. The minimum Gasteiger partial charge on any atom is -0.490 e. The molecule has 2 heterocycles. The Bertz CT molecular complexity index is 961. The van der Waals surface area contributed by atoms with Crippen molar-refractivity contribution >= 4 is 52.2 Å². The first-order valence-corrected chi connectivity index (χ1v) is 12.2. The van der Waals surface area contributed by atoms with Gasteiger partial charge in [0.25, 0.3) is 11.8 Å². The van der Waals surface area contributed by atoms with Crippen molar-refractivity contribution in [2.45, 2.75) is 19.8 Å². The first kappa shape index (κ1) is 26.0. The number of hydrogen-bond donors (Lipinski definition) is 0. The molecule has 184 valence electrons. The molecule has 2 aliphatic rings. The van der Waals surface area contributed by atoms with Crippen LogP contribution in [0, 0.1) is 0 Å². The molecule has 9 nitrogen and oxygen atoms in total. The van der Waals surface area contributed by atoms with Crippen LogP contribution in [-0.4, -0.2) is 85.1 Å². The van der Waals surface area contributed by atoms with Gasteiger partial charge >= 0.3 is 5.97 Å². The highest BCUT2D eigenvalue weighted by molar-refractivity contribution is 8.26. The number of rotatable bonds is 10. The normalized spacial score (nSPS) is 17.3. The van der Waals surface area contributed by atoms with Gasteiger partial charge in [0, 0.05) is 26.1 Å². The van der Waals surface area contributed by atoms with Gasteiger partial charge in [0.05, 0.1) is 31.8 Å². The highest BCUT2D eigenvalue weighted by atomic mass is 32.2. The molecule has 11 heteroatoms. The number of carbonyl (C=O) groups is 3. The van der Waals surface area contributed by atoms with E-state index in [2.05, 4.69) is 4.74 Å². The summed E-state index contributed by atoms with van der Waals surface area (Å²) in [4.78, 5) is 40.2. The Morgan fingerprint density at radius 2 is 1.97 bits per heavy atom. The predicted octanol–water partition coefficient (Wildman–Crippen LogP) is 2.48. The lowest BCUT2D eigenvalue weighted by atomic mass is 10.2. The third-order valence-corrected chi connectivity index (χ3v) is 6.52. The van der Waals surface area contributed by atoms with Crippen molar-refractivity contribution in [1.29, 1.82) is 0 Å². The maximum absolute atomic E-state index is 12.8. The minimum absolute atomic E-state index is 0.0936. The molecule has 2 saturated heterocycles. The number of esters is 1. The Kier molecular flexibility index (Phi) is 9.73. The Morgan fingerprint density at radius 1 is 1.21 bits per heavy atom. The van der Waals surface area contributed by atoms with E-state index in [4.69, 9.17) is 26.4 Å². The molecule has 2 amide bonds. The number of hydrogen-bond acceptors (Lipinski definition) is 9. The van der Waals surface area contributed by atoms with Crippen molar-refractivity contribution in [2.75, 3.05) is 53.2 Å². The van der Waals surface area contributed by atoms with Crippen LogP contribution < -0.4 is 9.47 Å². The molecule has 0 N–H and O–H groups in total. The standard InChI is InChI=1S/C23H28N2O7S2/c1-3-31-18-13-16(6-7-17(18)32-15-20(26)24-9-11-30-12-10-24)14-19-22(28)25(23(33)34-19)8-4-5-21(27)29-2/h6-7,13-14H,3-5,8-12,15H2,1-2H3/b19-14+. The number of thiocarbonyl (C=S) groups is 1. The van der Waals surface area contributed by atoms with Gasteiger partial charge in [0.2, 0.25) is 0 Å². The van der Waals surface area contributed by atoms with Gasteiger partial charge in [-0.1, -0.05) is 30.0 Å². The maximum Gasteiger partial charge on any atom is 0.305 e. The van der Waals surface area contributed by atoms with Crippen molar-refractivity contribution in [1.82, 2.24) is 9.80 Å². The average Bonchev–Trinajstić information content (AvgIpc) is 3.11. The fourth-order valence-corrected chi connectivity index (χ4v) is 4.68. The molecule has 0 aliphatic carbocycles. The maximum atomic E-state index is 12.8. The molecule has 2 fully saturated rings. The first-order chi connectivity index (χ1) is 16.4. The zero-order valence-electron chi connectivity index (χ0n) is 19.2. The fraction of sp³-hybridized carbons (Fsp3) is 0.478. The Morgan fingerprint density at radius 3 is 2.68 bits per heavy atom. The van der Waals surface area contributed by atoms with Crippen molar-refractivity contribution in [3.05, 3.63) is 28.7 Å². The number of amides is 2. The molecule has 0 spiro atoms. The number of ether oxygens (including phenoxy) is 4. The summed E-state index contributed by atoms with van der Waals surface area (Å²) in [6.07, 6.45) is 2.43. The lowest BCUT2D eigenvalue weighted by Gasteiger charge is -2.26. The highest BCUT2D eigenvalue weighted by Crippen LogP contribution is 2.35. The second-order valence-corrected chi connectivity index (χ2v) is 9.11. The lowest BCUT2D eigenvalue weighted by molar-refractivity contribution is -0.141. The second kappa shape index (κ2) is 12.7. The van der Waals surface area contributed by atoms with Gasteiger partial charge in [-0.2, -0.15) is 0 Å². The average molecular weight is 509 g/mol. The van der Waals surface area contributed by atoms with Gasteiger partial charge in [-0.25, -0.2) is 0 Å². The number of carbonyl (C=O) groups excluding carboxylic acids is 3. The molecule has 0 saturated carbocycles. The Hall–Kier alpha value is -2.63. The van der Waals surface area contributed by atoms with E-state index in [1.165, 1.54) is 23.8 Å². The summed E-state index contributed by atoms with van der Waals surface area (Å²) in [5.41, 5.74) is 0.741. The van der Waals surface area contributed by atoms with Crippen molar-refractivity contribution in [3.8, 4) is 11.5 Å². The largest absolute Gasteiger partial charge is 0.490 e. The summed E-state index contributed by atoms with van der Waals surface area (Å²) in [5, 5.41) is 0. The molecule has 3 rings (SSSR count). The van der Waals surface area contributed by atoms with E-state index in [0.29, 0.717) is 66.6 Å². The van der Waals surface area contributed by atoms with Crippen LogP contribution in [0.1, 0.15) is 25.3 Å². The third-order valence-electron chi connectivity index (χ3n) is 5.14. The van der Waals surface area contributed by atoms with Crippen LogP contribution in [0.4, 0.5) is 0 Å². The molecule has 1 aromatic rings. The minimum atomic E-state index is -0.321. The SMILES string of the molecule is CCOc1cc(/C=C2/SC(=S)N(CCCC(=O)OC)C2=O)ccc1OCC(=O)N1CCOCC1. The molecule has 2 aliphatic heterocycles. The summed E-state index contributed by atoms with van der Waals surface area (Å²) in [6, 6.07) is 5.28. The Balaban J connectivity index is 1.65. The van der Waals surface area contributed by atoms with Gasteiger partial charge in [-0.15, -0.1) is 0 Å². The van der Waals surface area contributed by atoms with Crippen LogP contribution in [0.2, 0.25) is 0 Å². The number of nitrogens with zero attached hydrogens (tertiary/aromatic N) is 2. The smallest absolute Gasteiger partial charge is 0.305 e. The highest BCUT2D eigenvalue weighted by Gasteiger charge is 2.31. The van der Waals surface area contributed by atoms with Crippen LogP contribution in [0.5, 0.6) is 11.5 Å². The van der Waals surface area contributed by atoms with Crippen molar-refractivity contribution in [2.24, 2.45) is 0 Å². The van der Waals surface area contributed by atoms with Crippen LogP contribution in [0.3, 0.4) is 0 Å². The Labute approximate surface area is 208 Å². The van der Waals surface area contributed by atoms with Crippen LogP contribution in [0.25, 0.3) is 6.08 Å². The van der Waals surface area contributed by atoms with E-state index in [-0.39, 0.29) is 30.8 Å². The van der Waals surface area contributed by atoms with Gasteiger partial charge in [-0.3, -0.25) is 19.3 Å². The van der Waals surface area contributed by atoms with E-state index in [9.17, 15) is 14.4 Å². The number of thioether (sulfide) groups is 1. The van der Waals surface area contributed by atoms with E-state index < -0.39 is 0 Å². The first-order valence-electron chi connectivity index (χ1n) is 11.0. The predicted molar refractivity (Wildman–Crippen MR) is 132 cm³/mol. The van der Waals surface area contributed by atoms with Gasteiger partial charge < -0.3 is 23.8 Å². The van der Waals surface area contributed by atoms with E-state index >= 15 is 0 Å². The molecule has 34 heavy (non-hydrogen) atoms. The molecular formula is C23H28N2O7S2. The third kappa shape index (κ3) is 6.94. The van der Waals surface area contributed by atoms with E-state index in [1.807, 2.05) is 6.92 Å². The molecular weight excluding hydrogens is 480 g/mol. The zero-order chi connectivity index (χ0) is 24.5. The van der Waals surface area contributed by atoms with Crippen molar-refractivity contribution < 1.29 is 33.3 Å². The van der Waals surface area contributed by atoms with Gasteiger partial charge in [-0.05, 0) is 37.1 Å². The summed E-state index contributed by atoms with van der Waals surface area (Å²) in [7, 11) is 1.33. The van der Waals surface area contributed by atoms with Crippen LogP contribution in [-0.2, 0) is 23.9 Å². The molecule has 0 radical (unpaired) electrons. The molecule has 0 bridgehead atoms. The summed E-state index contributed by atoms with van der Waals surface area (Å²) in [6.45, 7) is 4.70. The number of benzene rings is 1. The van der Waals surface area contributed by atoms with Crippen LogP contribution >= 0.6 is 24.0 Å². The monoisotopic (exact) mass is 508 g/mol. The topological polar surface area (TPSA) is 94.6 Å². The van der Waals surface area contributed by atoms with Crippen molar-refractivity contribution in [3.63, 3.8) is 0 Å². The molecule has 0 aromatic heterocycles. The van der Waals surface area contributed by atoms with E-state index in [0.717, 1.165) is 5.56 Å². The number of methoxy groups -OCH3 is 1. The van der Waals surface area contributed by atoms with Gasteiger partial charge in [0.1, 0.15) is 4.32 Å². The molecule has 0 atom stereocenters. The summed E-state index contributed by atoms with van der Waals surface area (Å²) < 4.78 is 21.8. The van der Waals surface area contributed by atoms with Gasteiger partial charge in [0.15, 0.2) is 18.1 Å². The fourth-order valence-electron chi connectivity index (χ4n) is 3.37. The lowest BCUT2D eigenvalue weighted by Crippen LogP contribution is -2.43. The summed E-state index contributed by atoms with van der Waals surface area (Å²) >= 11 is 6.56. The molecule has 1 aromatic carbocycles. The second-order valence-electron chi connectivity index (χ2n) is 7.43. The van der Waals surface area contributed by atoms with E-state index in [1.54, 1.807) is 29.2 Å². The van der Waals surface area contributed by atoms with Crippen LogP contribution in [0.15, 0.2) is 23.1 Å².